The Morgan fingerprint density at radius 1 is 1.04 bits per heavy atom. The predicted molar refractivity (Wildman–Crippen MR) is 91.0 cm³/mol. The SMILES string of the molecule is O=C(OC12CC3CC(CC(C3)C1)C2)[C@]1(O)CCc2ccccc2C1=O. The Labute approximate surface area is 147 Å². The zero-order chi connectivity index (χ0) is 17.2. The number of carbonyl (C=O) groups is 2. The maximum absolute atomic E-state index is 12.9. The molecule has 25 heavy (non-hydrogen) atoms. The number of rotatable bonds is 2. The molecule has 1 N–H and O–H groups in total. The third kappa shape index (κ3) is 2.30. The van der Waals surface area contributed by atoms with Crippen molar-refractivity contribution in [3.8, 4) is 0 Å². The first-order valence-electron chi connectivity index (χ1n) is 9.56. The van der Waals surface area contributed by atoms with E-state index in [0.717, 1.165) is 24.8 Å². The number of Topliss-reactive ketones (excluding diaryl/α,β-unsaturated/α-hetero) is 1. The van der Waals surface area contributed by atoms with Gasteiger partial charge in [0.2, 0.25) is 11.4 Å². The summed E-state index contributed by atoms with van der Waals surface area (Å²) in [5, 5.41) is 10.9. The molecule has 4 fully saturated rings. The van der Waals surface area contributed by atoms with Crippen molar-refractivity contribution < 1.29 is 19.4 Å². The van der Waals surface area contributed by atoms with E-state index in [9.17, 15) is 14.7 Å². The lowest BCUT2D eigenvalue weighted by atomic mass is 9.54. The van der Waals surface area contributed by atoms with Crippen LogP contribution >= 0.6 is 0 Å². The molecule has 0 unspecified atom stereocenters. The monoisotopic (exact) mass is 340 g/mol. The number of hydrogen-bond donors (Lipinski definition) is 1. The largest absolute Gasteiger partial charge is 0.457 e. The first kappa shape index (κ1) is 15.6. The van der Waals surface area contributed by atoms with Crippen LogP contribution in [-0.2, 0) is 16.0 Å². The summed E-state index contributed by atoms with van der Waals surface area (Å²) in [6.07, 6.45) is 7.14. The number of ketones is 1. The maximum Gasteiger partial charge on any atom is 0.346 e. The van der Waals surface area contributed by atoms with Crippen molar-refractivity contribution in [3.05, 3.63) is 35.4 Å². The summed E-state index contributed by atoms with van der Waals surface area (Å²) in [5.41, 5.74) is -1.09. The Balaban J connectivity index is 1.41. The minimum absolute atomic E-state index is 0.119. The molecule has 0 heterocycles. The topological polar surface area (TPSA) is 63.6 Å². The smallest absolute Gasteiger partial charge is 0.346 e. The van der Waals surface area contributed by atoms with E-state index in [0.29, 0.717) is 29.7 Å². The molecule has 0 aliphatic heterocycles. The second-order valence-electron chi connectivity index (χ2n) is 8.84. The molecule has 0 spiro atoms. The number of ether oxygens (including phenoxy) is 1. The van der Waals surface area contributed by atoms with Crippen LogP contribution < -0.4 is 0 Å². The fourth-order valence-corrected chi connectivity index (χ4v) is 6.24. The quantitative estimate of drug-likeness (QED) is 0.664. The van der Waals surface area contributed by atoms with E-state index in [4.69, 9.17) is 4.74 Å². The summed E-state index contributed by atoms with van der Waals surface area (Å²) < 4.78 is 5.97. The van der Waals surface area contributed by atoms with Gasteiger partial charge in [-0.3, -0.25) is 4.79 Å². The van der Waals surface area contributed by atoms with Crippen molar-refractivity contribution in [3.63, 3.8) is 0 Å². The number of esters is 1. The predicted octanol–water partition coefficient (Wildman–Crippen LogP) is 3.06. The zero-order valence-corrected chi connectivity index (χ0v) is 14.4. The normalized spacial score (nSPS) is 41.5. The van der Waals surface area contributed by atoms with Crippen molar-refractivity contribution >= 4 is 11.8 Å². The van der Waals surface area contributed by atoms with Gasteiger partial charge in [0.05, 0.1) is 0 Å². The van der Waals surface area contributed by atoms with Crippen LogP contribution in [0.15, 0.2) is 24.3 Å². The van der Waals surface area contributed by atoms with Gasteiger partial charge in [-0.15, -0.1) is 0 Å². The molecule has 0 amide bonds. The molecule has 5 aliphatic carbocycles. The molecule has 1 aromatic carbocycles. The van der Waals surface area contributed by atoms with Crippen LogP contribution in [0.2, 0.25) is 0 Å². The maximum atomic E-state index is 12.9. The third-order valence-corrected chi connectivity index (χ3v) is 7.02. The molecule has 4 nitrogen and oxygen atoms in total. The molecule has 0 radical (unpaired) electrons. The van der Waals surface area contributed by atoms with Crippen molar-refractivity contribution in [2.75, 3.05) is 0 Å². The van der Waals surface area contributed by atoms with Crippen molar-refractivity contribution in [2.24, 2.45) is 17.8 Å². The molecular formula is C21H24O4. The highest BCUT2D eigenvalue weighted by Crippen LogP contribution is 2.57. The van der Waals surface area contributed by atoms with E-state index in [1.807, 2.05) is 12.1 Å². The highest BCUT2D eigenvalue weighted by atomic mass is 16.6. The van der Waals surface area contributed by atoms with Crippen LogP contribution in [0.3, 0.4) is 0 Å². The van der Waals surface area contributed by atoms with Crippen LogP contribution in [-0.4, -0.2) is 28.1 Å². The second kappa shape index (κ2) is 5.16. The zero-order valence-electron chi connectivity index (χ0n) is 14.4. The molecule has 6 rings (SSSR count). The minimum Gasteiger partial charge on any atom is -0.457 e. The highest BCUT2D eigenvalue weighted by Gasteiger charge is 2.56. The van der Waals surface area contributed by atoms with Gasteiger partial charge in [0.1, 0.15) is 5.60 Å². The summed E-state index contributed by atoms with van der Waals surface area (Å²) in [6.45, 7) is 0. The molecule has 4 saturated carbocycles. The molecular weight excluding hydrogens is 316 g/mol. The van der Waals surface area contributed by atoms with Gasteiger partial charge in [0.15, 0.2) is 0 Å². The molecule has 132 valence electrons. The first-order chi connectivity index (χ1) is 12.0. The fraction of sp³-hybridized carbons (Fsp3) is 0.619. The summed E-state index contributed by atoms with van der Waals surface area (Å²) >= 11 is 0. The van der Waals surface area contributed by atoms with Gasteiger partial charge in [-0.1, -0.05) is 24.3 Å². The summed E-state index contributed by atoms with van der Waals surface area (Å²) in [4.78, 5) is 25.7. The van der Waals surface area contributed by atoms with E-state index < -0.39 is 23.0 Å². The fourth-order valence-electron chi connectivity index (χ4n) is 6.24. The van der Waals surface area contributed by atoms with Gasteiger partial charge in [-0.2, -0.15) is 0 Å². The van der Waals surface area contributed by atoms with E-state index in [2.05, 4.69) is 0 Å². The molecule has 0 aromatic heterocycles. The number of hydrogen-bond acceptors (Lipinski definition) is 4. The molecule has 1 aromatic rings. The second-order valence-corrected chi connectivity index (χ2v) is 8.84. The molecule has 5 aliphatic rings. The molecule has 0 saturated heterocycles. The van der Waals surface area contributed by atoms with Crippen LogP contribution in [0, 0.1) is 17.8 Å². The van der Waals surface area contributed by atoms with E-state index in [1.54, 1.807) is 12.1 Å². The Kier molecular flexibility index (Phi) is 3.22. The molecule has 4 bridgehead atoms. The minimum atomic E-state index is -2.02. The van der Waals surface area contributed by atoms with Gasteiger partial charge in [-0.05, 0) is 74.7 Å². The number of aryl methyl sites for hydroxylation is 1. The van der Waals surface area contributed by atoms with Crippen molar-refractivity contribution in [2.45, 2.75) is 62.6 Å². The van der Waals surface area contributed by atoms with Crippen LogP contribution in [0.1, 0.15) is 60.9 Å². The van der Waals surface area contributed by atoms with Gasteiger partial charge < -0.3 is 9.84 Å². The summed E-state index contributed by atoms with van der Waals surface area (Å²) in [6, 6.07) is 7.23. The Hall–Kier alpha value is -1.68. The lowest BCUT2D eigenvalue weighted by Gasteiger charge is -2.56. The number of benzene rings is 1. The Morgan fingerprint density at radius 3 is 2.28 bits per heavy atom. The van der Waals surface area contributed by atoms with Gasteiger partial charge in [-0.25, -0.2) is 4.79 Å². The lowest BCUT2D eigenvalue weighted by molar-refractivity contribution is -0.200. The average molecular weight is 340 g/mol. The Bertz CT molecular complexity index is 717. The lowest BCUT2D eigenvalue weighted by Crippen LogP contribution is -2.58. The first-order valence-corrected chi connectivity index (χ1v) is 9.56. The summed E-state index contributed by atoms with van der Waals surface area (Å²) in [7, 11) is 0. The van der Waals surface area contributed by atoms with Crippen molar-refractivity contribution in [1.29, 1.82) is 0 Å². The number of aliphatic hydroxyl groups is 1. The van der Waals surface area contributed by atoms with Gasteiger partial charge >= 0.3 is 5.97 Å². The summed E-state index contributed by atoms with van der Waals surface area (Å²) in [5.74, 6) is 0.738. The molecule has 4 heteroatoms. The third-order valence-electron chi connectivity index (χ3n) is 7.02. The van der Waals surface area contributed by atoms with Crippen molar-refractivity contribution in [1.82, 2.24) is 0 Å². The van der Waals surface area contributed by atoms with Crippen LogP contribution in [0.5, 0.6) is 0 Å². The van der Waals surface area contributed by atoms with E-state index >= 15 is 0 Å². The number of carbonyl (C=O) groups excluding carboxylic acids is 2. The standard InChI is InChI=1S/C21H24O4/c22-18-17-4-2-1-3-16(17)5-6-21(18,24)19(23)25-20-10-13-7-14(11-20)9-15(8-13)12-20/h1-4,13-15,24H,5-12H2/t13?,14?,15?,20?,21-/m0/s1. The van der Waals surface area contributed by atoms with Crippen LogP contribution in [0.4, 0.5) is 0 Å². The number of fused-ring (bicyclic) bond motifs is 1. The Morgan fingerprint density at radius 2 is 1.64 bits per heavy atom. The average Bonchev–Trinajstić information content (AvgIpc) is 2.57. The highest BCUT2D eigenvalue weighted by molar-refractivity contribution is 6.16. The molecule has 1 atom stereocenters. The van der Waals surface area contributed by atoms with E-state index in [1.165, 1.54) is 19.3 Å². The van der Waals surface area contributed by atoms with Gasteiger partial charge in [0, 0.05) is 5.56 Å². The van der Waals surface area contributed by atoms with Crippen LogP contribution in [0.25, 0.3) is 0 Å². The van der Waals surface area contributed by atoms with E-state index in [-0.39, 0.29) is 6.42 Å². The van der Waals surface area contributed by atoms with Gasteiger partial charge in [0.25, 0.3) is 0 Å².